The van der Waals surface area contributed by atoms with Gasteiger partial charge in [-0.15, -0.1) is 0 Å². The molecule has 1 aromatic rings. The molecule has 0 spiro atoms. The normalized spacial score (nSPS) is 16.0. The van der Waals surface area contributed by atoms with Crippen LogP contribution in [0, 0.1) is 0 Å². The Morgan fingerprint density at radius 3 is 2.18 bits per heavy atom. The van der Waals surface area contributed by atoms with E-state index in [1.165, 1.54) is 6.07 Å². The Hall–Kier alpha value is -0.880. The standard InChI is InChI=1S/C12H17O3P2/c1-15-9-6-7-11(13)10(8-9)12(14,16(2)3)17(4)5/h6-8,14H,2,4H2,1,3,5H3/q+1/p+1. The summed E-state index contributed by atoms with van der Waals surface area (Å²) in [6.45, 7) is 3.75. The molecule has 0 aliphatic heterocycles. The molecule has 0 aromatic heterocycles. The van der Waals surface area contributed by atoms with Crippen LogP contribution < -0.4 is 4.74 Å². The number of ether oxygens (including phenoxy) is 1. The highest BCUT2D eigenvalue weighted by atomic mass is 31.2. The molecular weight excluding hydrogens is 254 g/mol. The topological polar surface area (TPSA) is 49.7 Å². The Morgan fingerprint density at radius 2 is 1.76 bits per heavy atom. The maximum absolute atomic E-state index is 10.8. The summed E-state index contributed by atoms with van der Waals surface area (Å²) < 4.78 is 5.12. The van der Waals surface area contributed by atoms with Gasteiger partial charge < -0.3 is 14.9 Å². The number of phenolic OH excluding ortho intramolecular Hbond substituents is 1. The summed E-state index contributed by atoms with van der Waals surface area (Å²) in [5, 5.41) is 19.5. The highest BCUT2D eigenvalue weighted by Gasteiger charge is 2.52. The van der Waals surface area contributed by atoms with E-state index in [-0.39, 0.29) is 5.75 Å². The summed E-state index contributed by atoms with van der Waals surface area (Å²) in [5.74, 6) is 0.661. The fourth-order valence-electron chi connectivity index (χ4n) is 1.61. The van der Waals surface area contributed by atoms with Crippen LogP contribution in [-0.2, 0) is 5.08 Å². The van der Waals surface area contributed by atoms with Crippen molar-refractivity contribution in [3.05, 3.63) is 23.8 Å². The average Bonchev–Trinajstić information content (AvgIpc) is 2.28. The monoisotopic (exact) mass is 272 g/mol. The molecule has 1 rings (SSSR count). The van der Waals surface area contributed by atoms with Gasteiger partial charge in [0.05, 0.1) is 19.7 Å². The highest BCUT2D eigenvalue weighted by molar-refractivity contribution is 7.73. The molecule has 0 amide bonds. The van der Waals surface area contributed by atoms with E-state index in [1.807, 2.05) is 13.3 Å². The van der Waals surface area contributed by atoms with Gasteiger partial charge in [-0.05, 0) is 18.2 Å². The third kappa shape index (κ3) is 2.52. The van der Waals surface area contributed by atoms with Gasteiger partial charge in [0.1, 0.15) is 30.4 Å². The number of hydrogen-bond donors (Lipinski definition) is 2. The molecule has 0 saturated heterocycles. The first-order chi connectivity index (χ1) is 7.83. The zero-order valence-electron chi connectivity index (χ0n) is 10.3. The van der Waals surface area contributed by atoms with Crippen molar-refractivity contribution in [1.29, 1.82) is 0 Å². The van der Waals surface area contributed by atoms with Crippen molar-refractivity contribution < 1.29 is 14.9 Å². The lowest BCUT2D eigenvalue weighted by molar-refractivity contribution is 0.221. The van der Waals surface area contributed by atoms with Gasteiger partial charge in [-0.1, -0.05) is 0 Å². The van der Waals surface area contributed by atoms with Crippen molar-refractivity contribution >= 4 is 27.7 Å². The quantitative estimate of drug-likeness (QED) is 0.828. The van der Waals surface area contributed by atoms with E-state index in [0.29, 0.717) is 11.3 Å². The zero-order valence-corrected chi connectivity index (χ0v) is 12.1. The van der Waals surface area contributed by atoms with Gasteiger partial charge in [0, 0.05) is 0 Å². The van der Waals surface area contributed by atoms with Crippen molar-refractivity contribution in [3.8, 4) is 11.5 Å². The van der Waals surface area contributed by atoms with E-state index in [2.05, 4.69) is 12.6 Å². The third-order valence-corrected chi connectivity index (χ3v) is 7.29. The predicted octanol–water partition coefficient (Wildman–Crippen LogP) is 2.59. The lowest BCUT2D eigenvalue weighted by Gasteiger charge is -2.15. The van der Waals surface area contributed by atoms with E-state index in [9.17, 15) is 10.2 Å². The minimum Gasteiger partial charge on any atom is -0.507 e. The summed E-state index contributed by atoms with van der Waals surface area (Å²) in [7, 11) is -0.329. The van der Waals surface area contributed by atoms with Crippen LogP contribution in [0.25, 0.3) is 0 Å². The van der Waals surface area contributed by atoms with Crippen molar-refractivity contribution in [2.24, 2.45) is 0 Å². The average molecular weight is 272 g/mol. The fraction of sp³-hybridized carbons (Fsp3) is 0.333. The number of benzene rings is 1. The Bertz CT molecular complexity index is 455. The van der Waals surface area contributed by atoms with E-state index in [4.69, 9.17) is 4.74 Å². The van der Waals surface area contributed by atoms with Crippen LogP contribution in [0.3, 0.4) is 0 Å². The molecule has 0 aliphatic rings. The summed E-state index contributed by atoms with van der Waals surface area (Å²) in [6.07, 6.45) is 7.89. The van der Waals surface area contributed by atoms with E-state index < -0.39 is 20.2 Å². The predicted molar refractivity (Wildman–Crippen MR) is 78.5 cm³/mol. The maximum atomic E-state index is 10.8. The Balaban J connectivity index is 3.48. The fourth-order valence-corrected chi connectivity index (χ4v) is 5.13. The van der Waals surface area contributed by atoms with Crippen molar-refractivity contribution in [2.75, 3.05) is 20.4 Å². The first kappa shape index (κ1) is 14.2. The number of aliphatic hydroxyl groups is 1. The molecule has 0 aliphatic carbocycles. The number of hydrogen-bond acceptors (Lipinski definition) is 3. The van der Waals surface area contributed by atoms with E-state index in [0.717, 1.165) is 0 Å². The Kier molecular flexibility index (Phi) is 4.32. The van der Waals surface area contributed by atoms with Gasteiger partial charge in [0.25, 0.3) is 0 Å². The molecule has 3 nitrogen and oxygen atoms in total. The van der Waals surface area contributed by atoms with Gasteiger partial charge in [0.2, 0.25) is 0 Å². The molecule has 0 heterocycles. The molecule has 5 heteroatoms. The summed E-state index contributed by atoms with van der Waals surface area (Å²) >= 11 is 0. The lowest BCUT2D eigenvalue weighted by Crippen LogP contribution is -2.16. The Labute approximate surface area is 104 Å². The zero-order chi connectivity index (χ0) is 13.2. The van der Waals surface area contributed by atoms with Crippen LogP contribution in [0.15, 0.2) is 18.2 Å². The molecule has 0 radical (unpaired) electrons. The van der Waals surface area contributed by atoms with Crippen LogP contribution in [0.2, 0.25) is 0 Å². The molecule has 0 saturated carbocycles. The highest BCUT2D eigenvalue weighted by Crippen LogP contribution is 2.59. The second-order valence-corrected chi connectivity index (χ2v) is 8.35. The number of rotatable bonds is 4. The molecular formula is C12H18O3P2+2. The van der Waals surface area contributed by atoms with Gasteiger partial charge >= 0.3 is 5.08 Å². The minimum atomic E-state index is -1.15. The SMILES string of the molecule is C=[P+](C)C(O)(c1cc(OC)ccc1O)[P+](=C)C. The van der Waals surface area contributed by atoms with Gasteiger partial charge in [-0.25, -0.2) is 0 Å². The minimum absolute atomic E-state index is 0.0595. The Morgan fingerprint density at radius 1 is 1.24 bits per heavy atom. The van der Waals surface area contributed by atoms with E-state index >= 15 is 0 Å². The van der Waals surface area contributed by atoms with Crippen LogP contribution in [0.1, 0.15) is 5.56 Å². The number of methoxy groups -OCH3 is 1. The van der Waals surface area contributed by atoms with Gasteiger partial charge in [-0.3, -0.25) is 0 Å². The number of phenols is 1. The van der Waals surface area contributed by atoms with Gasteiger partial charge in [0.15, 0.2) is 15.1 Å². The second kappa shape index (κ2) is 5.18. The molecule has 92 valence electrons. The van der Waals surface area contributed by atoms with Crippen molar-refractivity contribution in [3.63, 3.8) is 0 Å². The van der Waals surface area contributed by atoms with Gasteiger partial charge in [-0.2, -0.15) is 0 Å². The molecule has 2 N–H and O–H groups in total. The van der Waals surface area contributed by atoms with Crippen LogP contribution in [0.5, 0.6) is 11.5 Å². The molecule has 0 fully saturated rings. The first-order valence-electron chi connectivity index (χ1n) is 5.02. The maximum Gasteiger partial charge on any atom is 0.399 e. The largest absolute Gasteiger partial charge is 0.507 e. The lowest BCUT2D eigenvalue weighted by atomic mass is 10.2. The molecule has 2 atom stereocenters. The summed E-state index contributed by atoms with van der Waals surface area (Å²) in [5.41, 5.74) is 0.462. The van der Waals surface area contributed by atoms with Crippen LogP contribution >= 0.6 is 15.1 Å². The van der Waals surface area contributed by atoms with E-state index in [1.54, 1.807) is 19.2 Å². The third-order valence-electron chi connectivity index (χ3n) is 2.63. The molecule has 2 unspecified atom stereocenters. The van der Waals surface area contributed by atoms with Crippen molar-refractivity contribution in [2.45, 2.75) is 5.08 Å². The molecule has 1 aromatic carbocycles. The molecule has 17 heavy (non-hydrogen) atoms. The van der Waals surface area contributed by atoms with Crippen molar-refractivity contribution in [1.82, 2.24) is 0 Å². The van der Waals surface area contributed by atoms with Crippen LogP contribution in [0.4, 0.5) is 0 Å². The molecule has 0 bridgehead atoms. The summed E-state index contributed by atoms with van der Waals surface area (Å²) in [4.78, 5) is 0. The van der Waals surface area contributed by atoms with Crippen LogP contribution in [-0.4, -0.2) is 43.3 Å². The number of aromatic hydroxyl groups is 1. The first-order valence-corrected chi connectivity index (χ1v) is 8.97. The smallest absolute Gasteiger partial charge is 0.399 e. The second-order valence-electron chi connectivity index (χ2n) is 3.91. The summed E-state index contributed by atoms with van der Waals surface area (Å²) in [6, 6.07) is 4.83.